The average molecular weight is 290 g/mol. The van der Waals surface area contributed by atoms with Gasteiger partial charge >= 0.3 is 0 Å². The highest BCUT2D eigenvalue weighted by Crippen LogP contribution is 2.29. The minimum absolute atomic E-state index is 0.162. The number of hydrogen-bond donors (Lipinski definition) is 0. The molecule has 1 aromatic carbocycles. The van der Waals surface area contributed by atoms with Gasteiger partial charge in [-0.2, -0.15) is 5.26 Å². The summed E-state index contributed by atoms with van der Waals surface area (Å²) in [4.78, 5) is 7.96. The van der Waals surface area contributed by atoms with Gasteiger partial charge in [0.2, 0.25) is 5.82 Å². The predicted molar refractivity (Wildman–Crippen MR) is 66.4 cm³/mol. The van der Waals surface area contributed by atoms with Crippen molar-refractivity contribution in [1.82, 2.24) is 9.97 Å². The topological polar surface area (TPSA) is 58.8 Å². The Morgan fingerprint density at radius 2 is 2.18 bits per heavy atom. The number of ether oxygens (including phenoxy) is 1. The maximum Gasteiger partial charge on any atom is 0.232 e. The highest BCUT2D eigenvalue weighted by molar-refractivity contribution is 9.10. The van der Waals surface area contributed by atoms with Crippen LogP contribution < -0.4 is 4.74 Å². The molecular weight excluding hydrogens is 282 g/mol. The Morgan fingerprint density at radius 1 is 1.35 bits per heavy atom. The fourth-order valence-corrected chi connectivity index (χ4v) is 1.94. The van der Waals surface area contributed by atoms with Crippen LogP contribution >= 0.6 is 15.9 Å². The van der Waals surface area contributed by atoms with Crippen molar-refractivity contribution < 1.29 is 4.74 Å². The lowest BCUT2D eigenvalue weighted by Crippen LogP contribution is -1.91. The van der Waals surface area contributed by atoms with Gasteiger partial charge in [-0.3, -0.25) is 0 Å². The first-order chi connectivity index (χ1) is 8.24. The molecule has 1 aromatic heterocycles. The van der Waals surface area contributed by atoms with Gasteiger partial charge in [0.05, 0.1) is 17.3 Å². The fraction of sp³-hybridized carbons (Fsp3) is 0.0833. The standard InChI is InChI=1S/C12H8BrN3O/c1-17-11-3-2-8(6-9(11)13)10-4-5-15-12(7-14)16-10/h2-6H,1H3. The van der Waals surface area contributed by atoms with Gasteiger partial charge in [0.15, 0.2) is 0 Å². The number of aromatic nitrogens is 2. The molecule has 2 rings (SSSR count). The van der Waals surface area contributed by atoms with Crippen LogP contribution in [0.5, 0.6) is 5.75 Å². The number of nitrogens with zero attached hydrogens (tertiary/aromatic N) is 3. The van der Waals surface area contributed by atoms with Crippen LogP contribution in [-0.4, -0.2) is 17.1 Å². The second kappa shape index (κ2) is 4.93. The molecule has 0 spiro atoms. The van der Waals surface area contributed by atoms with E-state index < -0.39 is 0 Å². The van der Waals surface area contributed by atoms with Gasteiger partial charge in [0, 0.05) is 11.8 Å². The van der Waals surface area contributed by atoms with Crippen LogP contribution in [0, 0.1) is 11.3 Å². The molecule has 84 valence electrons. The Hall–Kier alpha value is -1.93. The second-order valence-electron chi connectivity index (χ2n) is 3.23. The molecule has 0 unspecified atom stereocenters. The lowest BCUT2D eigenvalue weighted by molar-refractivity contribution is 0.412. The van der Waals surface area contributed by atoms with E-state index in [-0.39, 0.29) is 5.82 Å². The summed E-state index contributed by atoms with van der Waals surface area (Å²) in [5.41, 5.74) is 1.61. The van der Waals surface area contributed by atoms with Gasteiger partial charge < -0.3 is 4.74 Å². The number of benzene rings is 1. The fourth-order valence-electron chi connectivity index (χ4n) is 1.40. The van der Waals surface area contributed by atoms with Crippen molar-refractivity contribution >= 4 is 15.9 Å². The van der Waals surface area contributed by atoms with Crippen molar-refractivity contribution in [2.24, 2.45) is 0 Å². The van der Waals surface area contributed by atoms with Crippen LogP contribution in [0.1, 0.15) is 5.82 Å². The van der Waals surface area contributed by atoms with Crippen LogP contribution in [0.25, 0.3) is 11.3 Å². The summed E-state index contributed by atoms with van der Waals surface area (Å²) < 4.78 is 5.99. The number of hydrogen-bond acceptors (Lipinski definition) is 4. The molecule has 0 fully saturated rings. The summed E-state index contributed by atoms with van der Waals surface area (Å²) in [5.74, 6) is 0.915. The number of methoxy groups -OCH3 is 1. The van der Waals surface area contributed by atoms with E-state index in [4.69, 9.17) is 10.00 Å². The first kappa shape index (κ1) is 11.6. The van der Waals surface area contributed by atoms with Crippen molar-refractivity contribution in [3.8, 4) is 23.1 Å². The number of halogens is 1. The van der Waals surface area contributed by atoms with Gasteiger partial charge in [-0.15, -0.1) is 0 Å². The quantitative estimate of drug-likeness (QED) is 0.853. The second-order valence-corrected chi connectivity index (χ2v) is 4.08. The van der Waals surface area contributed by atoms with E-state index >= 15 is 0 Å². The van der Waals surface area contributed by atoms with Gasteiger partial charge in [0.1, 0.15) is 11.8 Å². The summed E-state index contributed by atoms with van der Waals surface area (Å²) >= 11 is 3.41. The molecule has 0 saturated carbocycles. The monoisotopic (exact) mass is 289 g/mol. The molecule has 1 heterocycles. The lowest BCUT2D eigenvalue weighted by atomic mass is 10.1. The third-order valence-electron chi connectivity index (χ3n) is 2.20. The SMILES string of the molecule is COc1ccc(-c2ccnc(C#N)n2)cc1Br. The van der Waals surface area contributed by atoms with Crippen molar-refractivity contribution in [1.29, 1.82) is 5.26 Å². The molecule has 2 aromatic rings. The lowest BCUT2D eigenvalue weighted by Gasteiger charge is -2.05. The molecule has 0 bridgehead atoms. The summed E-state index contributed by atoms with van der Waals surface area (Å²) in [6.45, 7) is 0. The average Bonchev–Trinajstić information content (AvgIpc) is 2.38. The van der Waals surface area contributed by atoms with Crippen LogP contribution in [0.2, 0.25) is 0 Å². The Labute approximate surface area is 107 Å². The maximum absolute atomic E-state index is 8.74. The highest BCUT2D eigenvalue weighted by Gasteiger charge is 2.05. The first-order valence-corrected chi connectivity index (χ1v) is 5.61. The van der Waals surface area contributed by atoms with E-state index in [9.17, 15) is 0 Å². The van der Waals surface area contributed by atoms with E-state index in [1.54, 1.807) is 19.4 Å². The third-order valence-corrected chi connectivity index (χ3v) is 2.82. The summed E-state index contributed by atoms with van der Waals surface area (Å²) in [6.07, 6.45) is 1.57. The molecule has 0 saturated heterocycles. The van der Waals surface area contributed by atoms with Gasteiger partial charge in [-0.25, -0.2) is 9.97 Å². The molecule has 5 heteroatoms. The Bertz CT molecular complexity index is 593. The smallest absolute Gasteiger partial charge is 0.232 e. The van der Waals surface area contributed by atoms with E-state index in [1.807, 2.05) is 24.3 Å². The van der Waals surface area contributed by atoms with Gasteiger partial charge in [-0.1, -0.05) is 0 Å². The van der Waals surface area contributed by atoms with Crippen LogP contribution in [0.15, 0.2) is 34.9 Å². The van der Waals surface area contributed by atoms with Crippen molar-refractivity contribution in [3.63, 3.8) is 0 Å². The summed E-state index contributed by atoms with van der Waals surface area (Å²) in [5, 5.41) is 8.74. The molecule has 0 N–H and O–H groups in total. The van der Waals surface area contributed by atoms with E-state index in [2.05, 4.69) is 25.9 Å². The van der Waals surface area contributed by atoms with Crippen LogP contribution in [-0.2, 0) is 0 Å². The van der Waals surface area contributed by atoms with E-state index in [0.717, 1.165) is 15.8 Å². The molecule has 0 amide bonds. The minimum Gasteiger partial charge on any atom is -0.496 e. The molecule has 0 radical (unpaired) electrons. The zero-order valence-corrected chi connectivity index (χ0v) is 10.6. The minimum atomic E-state index is 0.162. The largest absolute Gasteiger partial charge is 0.496 e. The van der Waals surface area contributed by atoms with Crippen molar-refractivity contribution in [2.75, 3.05) is 7.11 Å². The zero-order valence-electron chi connectivity index (χ0n) is 9.01. The molecule has 0 aliphatic carbocycles. The zero-order chi connectivity index (χ0) is 12.3. The number of nitriles is 1. The Morgan fingerprint density at radius 3 is 2.82 bits per heavy atom. The van der Waals surface area contributed by atoms with Crippen molar-refractivity contribution in [3.05, 3.63) is 40.8 Å². The maximum atomic E-state index is 8.74. The molecule has 17 heavy (non-hydrogen) atoms. The van der Waals surface area contributed by atoms with Gasteiger partial charge in [0.25, 0.3) is 0 Å². The predicted octanol–water partition coefficient (Wildman–Crippen LogP) is 2.79. The normalized spacial score (nSPS) is 9.71. The van der Waals surface area contributed by atoms with E-state index in [0.29, 0.717) is 5.69 Å². The van der Waals surface area contributed by atoms with E-state index in [1.165, 1.54) is 0 Å². The van der Waals surface area contributed by atoms with Gasteiger partial charge in [-0.05, 0) is 40.2 Å². The molecular formula is C12H8BrN3O. The molecule has 4 nitrogen and oxygen atoms in total. The highest BCUT2D eigenvalue weighted by atomic mass is 79.9. The summed E-state index contributed by atoms with van der Waals surface area (Å²) in [7, 11) is 1.61. The molecule has 0 atom stereocenters. The Kier molecular flexibility index (Phi) is 3.35. The Balaban J connectivity index is 2.46. The first-order valence-electron chi connectivity index (χ1n) is 4.81. The molecule has 0 aliphatic heterocycles. The van der Waals surface area contributed by atoms with Crippen molar-refractivity contribution in [2.45, 2.75) is 0 Å². The van der Waals surface area contributed by atoms with Crippen LogP contribution in [0.3, 0.4) is 0 Å². The molecule has 0 aliphatic rings. The number of rotatable bonds is 2. The third kappa shape index (κ3) is 2.43. The van der Waals surface area contributed by atoms with Crippen LogP contribution in [0.4, 0.5) is 0 Å². The summed E-state index contributed by atoms with van der Waals surface area (Å²) in [6, 6.07) is 9.29.